The van der Waals surface area contributed by atoms with E-state index >= 15 is 0 Å². The second kappa shape index (κ2) is 8.03. The Morgan fingerprint density at radius 3 is 2.52 bits per heavy atom. The van der Waals surface area contributed by atoms with E-state index in [-0.39, 0.29) is 12.0 Å². The zero-order valence-corrected chi connectivity index (χ0v) is 12.8. The monoisotopic (exact) mass is 291 g/mol. The molecule has 2 rings (SSSR count). The van der Waals surface area contributed by atoms with Crippen molar-refractivity contribution in [3.63, 3.8) is 0 Å². The highest BCUT2D eigenvalue weighted by Crippen LogP contribution is 2.17. The van der Waals surface area contributed by atoms with Crippen molar-refractivity contribution in [2.45, 2.75) is 45.1 Å². The summed E-state index contributed by atoms with van der Waals surface area (Å²) < 4.78 is 5.64. The fourth-order valence-corrected chi connectivity index (χ4v) is 2.49. The fourth-order valence-electron chi connectivity index (χ4n) is 2.49. The van der Waals surface area contributed by atoms with E-state index in [1.807, 2.05) is 29.2 Å². The van der Waals surface area contributed by atoms with Crippen LogP contribution in [-0.2, 0) is 0 Å². The highest BCUT2D eigenvalue weighted by atomic mass is 16.5. The number of ether oxygens (including phenoxy) is 1. The molecule has 0 radical (unpaired) electrons. The molecule has 0 aromatic heterocycles. The molecule has 1 aliphatic heterocycles. The van der Waals surface area contributed by atoms with Crippen molar-refractivity contribution in [3.05, 3.63) is 29.8 Å². The minimum absolute atomic E-state index is 0.0411. The number of hydrogen-bond acceptors (Lipinski definition) is 3. The number of rotatable bonds is 6. The molecule has 0 saturated carbocycles. The molecular formula is C17H25NO3. The molecule has 21 heavy (non-hydrogen) atoms. The number of hydrogen-bond donors (Lipinski definition) is 1. The molecule has 0 atom stereocenters. The van der Waals surface area contributed by atoms with E-state index in [0.717, 1.165) is 18.8 Å². The number of likely N-dealkylation sites (tertiary alicyclic amines) is 1. The molecule has 1 aliphatic rings. The summed E-state index contributed by atoms with van der Waals surface area (Å²) in [7, 11) is 0. The lowest BCUT2D eigenvalue weighted by Crippen LogP contribution is -2.40. The van der Waals surface area contributed by atoms with Gasteiger partial charge in [-0.1, -0.05) is 19.8 Å². The van der Waals surface area contributed by atoms with E-state index in [1.165, 1.54) is 12.8 Å². The zero-order valence-electron chi connectivity index (χ0n) is 12.8. The van der Waals surface area contributed by atoms with Crippen LogP contribution in [0.1, 0.15) is 49.4 Å². The molecule has 1 heterocycles. The summed E-state index contributed by atoms with van der Waals surface area (Å²) in [5.74, 6) is 0.858. The number of amides is 1. The molecule has 1 amide bonds. The van der Waals surface area contributed by atoms with Gasteiger partial charge in [0.2, 0.25) is 0 Å². The fraction of sp³-hybridized carbons (Fsp3) is 0.588. The van der Waals surface area contributed by atoms with Crippen molar-refractivity contribution >= 4 is 5.91 Å². The Bertz CT molecular complexity index is 436. The smallest absolute Gasteiger partial charge is 0.253 e. The first-order chi connectivity index (χ1) is 10.2. The van der Waals surface area contributed by atoms with Crippen molar-refractivity contribution in [1.29, 1.82) is 0 Å². The molecule has 1 saturated heterocycles. The third-order valence-corrected chi connectivity index (χ3v) is 3.87. The molecule has 0 aliphatic carbocycles. The van der Waals surface area contributed by atoms with Gasteiger partial charge in [0.25, 0.3) is 5.91 Å². The van der Waals surface area contributed by atoms with Crippen molar-refractivity contribution in [2.75, 3.05) is 19.7 Å². The summed E-state index contributed by atoms with van der Waals surface area (Å²) in [4.78, 5) is 14.1. The molecule has 4 heteroatoms. The van der Waals surface area contributed by atoms with Crippen LogP contribution in [0.2, 0.25) is 0 Å². The van der Waals surface area contributed by atoms with Gasteiger partial charge in [-0.25, -0.2) is 0 Å². The van der Waals surface area contributed by atoms with E-state index in [1.54, 1.807) is 0 Å². The van der Waals surface area contributed by atoms with Crippen LogP contribution in [0.15, 0.2) is 24.3 Å². The Morgan fingerprint density at radius 1 is 1.24 bits per heavy atom. The summed E-state index contributed by atoms with van der Waals surface area (Å²) in [5, 5.41) is 9.48. The Labute approximate surface area is 126 Å². The van der Waals surface area contributed by atoms with Crippen LogP contribution in [0.25, 0.3) is 0 Å². The van der Waals surface area contributed by atoms with Crippen LogP contribution in [-0.4, -0.2) is 41.7 Å². The Balaban J connectivity index is 1.85. The van der Waals surface area contributed by atoms with Crippen LogP contribution in [0.5, 0.6) is 5.75 Å². The number of aliphatic hydroxyl groups excluding tert-OH is 1. The van der Waals surface area contributed by atoms with Crippen LogP contribution >= 0.6 is 0 Å². The van der Waals surface area contributed by atoms with E-state index in [9.17, 15) is 9.90 Å². The summed E-state index contributed by atoms with van der Waals surface area (Å²) in [6.07, 6.45) is 4.51. The van der Waals surface area contributed by atoms with Crippen molar-refractivity contribution in [1.82, 2.24) is 4.90 Å². The summed E-state index contributed by atoms with van der Waals surface area (Å²) in [5.41, 5.74) is 0.687. The molecule has 0 spiro atoms. The first-order valence-corrected chi connectivity index (χ1v) is 7.91. The van der Waals surface area contributed by atoms with E-state index < -0.39 is 0 Å². The van der Waals surface area contributed by atoms with Gasteiger partial charge in [0, 0.05) is 18.7 Å². The third-order valence-electron chi connectivity index (χ3n) is 3.87. The summed E-state index contributed by atoms with van der Waals surface area (Å²) >= 11 is 0. The number of benzene rings is 1. The maximum absolute atomic E-state index is 12.3. The van der Waals surface area contributed by atoms with Crippen molar-refractivity contribution in [2.24, 2.45) is 0 Å². The zero-order chi connectivity index (χ0) is 15.1. The lowest BCUT2D eigenvalue weighted by Gasteiger charge is -2.29. The predicted molar refractivity (Wildman–Crippen MR) is 82.6 cm³/mol. The molecule has 1 N–H and O–H groups in total. The van der Waals surface area contributed by atoms with Crippen LogP contribution < -0.4 is 4.74 Å². The number of carbonyl (C=O) groups is 1. The number of unbranched alkanes of at least 4 members (excludes halogenated alkanes) is 2. The van der Waals surface area contributed by atoms with Gasteiger partial charge in [-0.2, -0.15) is 0 Å². The second-order valence-corrected chi connectivity index (χ2v) is 5.60. The lowest BCUT2D eigenvalue weighted by atomic mass is 10.1. The normalized spacial score (nSPS) is 16.0. The Hall–Kier alpha value is -1.55. The molecule has 1 aromatic carbocycles. The van der Waals surface area contributed by atoms with Gasteiger partial charge in [-0.15, -0.1) is 0 Å². The van der Waals surface area contributed by atoms with E-state index in [0.29, 0.717) is 31.5 Å². The third kappa shape index (κ3) is 4.74. The van der Waals surface area contributed by atoms with Crippen molar-refractivity contribution < 1.29 is 14.6 Å². The molecule has 1 aromatic rings. The minimum Gasteiger partial charge on any atom is -0.494 e. The average molecular weight is 291 g/mol. The number of piperidine rings is 1. The summed E-state index contributed by atoms with van der Waals surface area (Å²) in [6.45, 7) is 4.16. The number of carbonyl (C=O) groups excluding carboxylic acids is 1. The molecule has 0 unspecified atom stereocenters. The van der Waals surface area contributed by atoms with Crippen LogP contribution in [0.3, 0.4) is 0 Å². The van der Waals surface area contributed by atoms with Gasteiger partial charge >= 0.3 is 0 Å². The largest absolute Gasteiger partial charge is 0.494 e. The van der Waals surface area contributed by atoms with Gasteiger partial charge in [0.1, 0.15) is 5.75 Å². The first kappa shape index (κ1) is 15.8. The van der Waals surface area contributed by atoms with Gasteiger partial charge in [0.15, 0.2) is 0 Å². The van der Waals surface area contributed by atoms with Gasteiger partial charge in [-0.05, 0) is 43.5 Å². The standard InChI is InChI=1S/C17H25NO3/c1-2-3-4-13-21-16-7-5-14(6-8-16)17(20)18-11-9-15(19)10-12-18/h5-8,15,19H,2-4,9-13H2,1H3. The quantitative estimate of drug-likeness (QED) is 0.820. The Morgan fingerprint density at radius 2 is 1.90 bits per heavy atom. The highest BCUT2D eigenvalue weighted by molar-refractivity contribution is 5.94. The van der Waals surface area contributed by atoms with E-state index in [4.69, 9.17) is 4.74 Å². The van der Waals surface area contributed by atoms with Gasteiger partial charge in [-0.3, -0.25) is 4.79 Å². The van der Waals surface area contributed by atoms with E-state index in [2.05, 4.69) is 6.92 Å². The first-order valence-electron chi connectivity index (χ1n) is 7.91. The van der Waals surface area contributed by atoms with Gasteiger partial charge in [0.05, 0.1) is 12.7 Å². The van der Waals surface area contributed by atoms with Gasteiger partial charge < -0.3 is 14.7 Å². The summed E-state index contributed by atoms with van der Waals surface area (Å²) in [6, 6.07) is 7.36. The molecule has 116 valence electrons. The SMILES string of the molecule is CCCCCOc1ccc(C(=O)N2CCC(O)CC2)cc1. The maximum Gasteiger partial charge on any atom is 0.253 e. The predicted octanol–water partition coefficient (Wildman–Crippen LogP) is 2.85. The highest BCUT2D eigenvalue weighted by Gasteiger charge is 2.22. The minimum atomic E-state index is -0.257. The second-order valence-electron chi connectivity index (χ2n) is 5.60. The molecule has 0 bridgehead atoms. The lowest BCUT2D eigenvalue weighted by molar-refractivity contribution is 0.0546. The van der Waals surface area contributed by atoms with Crippen LogP contribution in [0, 0.1) is 0 Å². The molecule has 4 nitrogen and oxygen atoms in total. The van der Waals surface area contributed by atoms with Crippen molar-refractivity contribution in [3.8, 4) is 5.75 Å². The van der Waals surface area contributed by atoms with Crippen LogP contribution in [0.4, 0.5) is 0 Å². The molecule has 1 fully saturated rings. The topological polar surface area (TPSA) is 49.8 Å². The average Bonchev–Trinajstić information content (AvgIpc) is 2.52. The maximum atomic E-state index is 12.3. The number of aliphatic hydroxyl groups is 1. The Kier molecular flexibility index (Phi) is 6.05. The number of nitrogens with zero attached hydrogens (tertiary/aromatic N) is 1. The molecular weight excluding hydrogens is 266 g/mol.